The number of para-hydroxylation sites is 2. The van der Waals surface area contributed by atoms with Crippen LogP contribution in [0.2, 0.25) is 0 Å². The minimum atomic E-state index is -1.45. The number of carbonyl (C=O) groups is 4. The van der Waals surface area contributed by atoms with E-state index in [1.807, 2.05) is 24.3 Å². The van der Waals surface area contributed by atoms with Gasteiger partial charge in [-0.3, -0.25) is 14.4 Å². The second-order valence-corrected chi connectivity index (χ2v) is 10.6. The van der Waals surface area contributed by atoms with Crippen LogP contribution in [-0.4, -0.2) is 43.1 Å². The number of likely N-dealkylation sites (N-methyl/N-ethyl adjacent to an activating group) is 1. The topological polar surface area (TPSA) is 93.2 Å². The molecule has 0 saturated heterocycles. The summed E-state index contributed by atoms with van der Waals surface area (Å²) in [5, 5.41) is 0. The highest BCUT2D eigenvalue weighted by Crippen LogP contribution is 2.65. The van der Waals surface area contributed by atoms with E-state index in [-0.39, 0.29) is 25.4 Å². The zero-order chi connectivity index (χ0) is 26.0. The predicted octanol–water partition coefficient (Wildman–Crippen LogP) is 4.09. The van der Waals surface area contributed by atoms with Crippen molar-refractivity contribution in [1.82, 2.24) is 0 Å². The Hall–Kier alpha value is -3.68. The first kappa shape index (κ1) is 24.0. The number of rotatable bonds is 2. The summed E-state index contributed by atoms with van der Waals surface area (Å²) >= 11 is 0. The standard InChI is InChI=1S/C28H30N2O6/c1-6-35-22(31)21-27(17-11-7-9-13-19(17)29(5)23(27)32)15-16-28(21)18-12-8-10-14-20(18)30(24(28)33)25(34)36-26(2,3)4/h7-14,21H,6,15-16H2,1-5H3/t21-,27+,28-/m0/s1. The molecule has 188 valence electrons. The summed E-state index contributed by atoms with van der Waals surface area (Å²) in [4.78, 5) is 58.0. The molecule has 0 unspecified atom stereocenters. The van der Waals surface area contributed by atoms with Crippen LogP contribution in [0.1, 0.15) is 51.7 Å². The van der Waals surface area contributed by atoms with Crippen molar-refractivity contribution in [2.45, 2.75) is 57.0 Å². The highest BCUT2D eigenvalue weighted by molar-refractivity contribution is 6.24. The second-order valence-electron chi connectivity index (χ2n) is 10.6. The first-order valence-corrected chi connectivity index (χ1v) is 12.2. The molecule has 3 aliphatic rings. The van der Waals surface area contributed by atoms with Gasteiger partial charge in [-0.05, 0) is 63.8 Å². The fraction of sp³-hybridized carbons (Fsp3) is 0.429. The van der Waals surface area contributed by atoms with Crippen LogP contribution in [0.5, 0.6) is 0 Å². The van der Waals surface area contributed by atoms with Crippen molar-refractivity contribution in [2.75, 3.05) is 23.5 Å². The molecule has 36 heavy (non-hydrogen) atoms. The maximum absolute atomic E-state index is 14.4. The van der Waals surface area contributed by atoms with E-state index in [0.717, 1.165) is 4.90 Å². The smallest absolute Gasteiger partial charge is 0.421 e. The number of carbonyl (C=O) groups excluding carboxylic acids is 4. The molecule has 1 fully saturated rings. The van der Waals surface area contributed by atoms with Gasteiger partial charge < -0.3 is 14.4 Å². The predicted molar refractivity (Wildman–Crippen MR) is 133 cm³/mol. The van der Waals surface area contributed by atoms with Crippen molar-refractivity contribution >= 4 is 35.3 Å². The average Bonchev–Trinajstić information content (AvgIpc) is 3.38. The van der Waals surface area contributed by atoms with Gasteiger partial charge >= 0.3 is 12.1 Å². The molecule has 0 bridgehead atoms. The molecule has 1 saturated carbocycles. The number of nitrogens with zero attached hydrogens (tertiary/aromatic N) is 2. The molecule has 0 N–H and O–H groups in total. The Morgan fingerprint density at radius 3 is 2.03 bits per heavy atom. The number of anilines is 2. The highest BCUT2D eigenvalue weighted by atomic mass is 16.6. The molecule has 0 radical (unpaired) electrons. The molecule has 2 aliphatic heterocycles. The fourth-order valence-electron chi connectivity index (χ4n) is 6.40. The minimum absolute atomic E-state index is 0.0960. The molecule has 8 nitrogen and oxygen atoms in total. The van der Waals surface area contributed by atoms with Crippen molar-refractivity contribution in [2.24, 2.45) is 5.92 Å². The lowest BCUT2D eigenvalue weighted by molar-refractivity contribution is -0.156. The number of amides is 3. The Balaban J connectivity index is 1.75. The summed E-state index contributed by atoms with van der Waals surface area (Å²) in [6, 6.07) is 14.3. The van der Waals surface area contributed by atoms with Gasteiger partial charge in [0, 0.05) is 12.7 Å². The van der Waals surface area contributed by atoms with E-state index < -0.39 is 40.3 Å². The minimum Gasteiger partial charge on any atom is -0.466 e. The first-order chi connectivity index (χ1) is 17.0. The van der Waals surface area contributed by atoms with Crippen LogP contribution in [0.25, 0.3) is 0 Å². The van der Waals surface area contributed by atoms with E-state index in [4.69, 9.17) is 9.47 Å². The maximum atomic E-state index is 14.4. The number of hydrogen-bond donors (Lipinski definition) is 0. The molecule has 8 heteroatoms. The molecule has 3 atom stereocenters. The lowest BCUT2D eigenvalue weighted by Crippen LogP contribution is -2.55. The number of hydrogen-bond acceptors (Lipinski definition) is 6. The van der Waals surface area contributed by atoms with Crippen molar-refractivity contribution in [3.63, 3.8) is 0 Å². The van der Waals surface area contributed by atoms with E-state index in [9.17, 15) is 19.2 Å². The summed E-state index contributed by atoms with van der Waals surface area (Å²) in [7, 11) is 1.68. The molecule has 3 amide bonds. The molecule has 5 rings (SSSR count). The Kier molecular flexibility index (Phi) is 5.28. The fourth-order valence-corrected chi connectivity index (χ4v) is 6.40. The number of fused-ring (bicyclic) bond motifs is 4. The van der Waals surface area contributed by atoms with Gasteiger partial charge in [0.2, 0.25) is 11.8 Å². The van der Waals surface area contributed by atoms with Gasteiger partial charge in [0.15, 0.2) is 0 Å². The van der Waals surface area contributed by atoms with E-state index in [2.05, 4.69) is 0 Å². The molecule has 0 aromatic heterocycles. The van der Waals surface area contributed by atoms with Crippen molar-refractivity contribution < 1.29 is 28.7 Å². The summed E-state index contributed by atoms with van der Waals surface area (Å²) in [5.41, 5.74) is -1.25. The Morgan fingerprint density at radius 2 is 1.44 bits per heavy atom. The van der Waals surface area contributed by atoms with Crippen LogP contribution < -0.4 is 9.80 Å². The third-order valence-corrected chi connectivity index (χ3v) is 7.64. The second kappa shape index (κ2) is 7.91. The van der Waals surface area contributed by atoms with Gasteiger partial charge in [-0.25, -0.2) is 9.69 Å². The molecule has 2 spiro atoms. The summed E-state index contributed by atoms with van der Waals surface area (Å²) in [5.74, 6) is -2.58. The van der Waals surface area contributed by atoms with Crippen molar-refractivity contribution in [3.05, 3.63) is 59.7 Å². The normalized spacial score (nSPS) is 26.5. The Morgan fingerprint density at radius 1 is 0.917 bits per heavy atom. The summed E-state index contributed by atoms with van der Waals surface area (Å²) in [6.45, 7) is 6.97. The zero-order valence-corrected chi connectivity index (χ0v) is 21.2. The monoisotopic (exact) mass is 490 g/mol. The summed E-state index contributed by atoms with van der Waals surface area (Å²) < 4.78 is 11.1. The first-order valence-electron chi connectivity index (χ1n) is 12.2. The molecular formula is C28H30N2O6. The zero-order valence-electron chi connectivity index (χ0n) is 21.2. The van der Waals surface area contributed by atoms with Crippen molar-refractivity contribution in [3.8, 4) is 0 Å². The molecular weight excluding hydrogens is 460 g/mol. The van der Waals surface area contributed by atoms with E-state index in [1.165, 1.54) is 0 Å². The molecule has 2 aromatic carbocycles. The lowest BCUT2D eigenvalue weighted by atomic mass is 9.64. The third kappa shape index (κ3) is 2.99. The quantitative estimate of drug-likeness (QED) is 0.589. The van der Waals surface area contributed by atoms with Crippen LogP contribution in [0.4, 0.5) is 16.2 Å². The SMILES string of the molecule is CCOC(=O)[C@@H]1[C@@]2(CC[C@]13C(=O)N(C)c1ccccc13)C(=O)N(C(=O)OC(C)(C)C)c1ccccc12. The summed E-state index contributed by atoms with van der Waals surface area (Å²) in [6.07, 6.45) is -0.339. The van der Waals surface area contributed by atoms with Gasteiger partial charge in [0.1, 0.15) is 5.60 Å². The maximum Gasteiger partial charge on any atom is 0.421 e. The molecule has 2 aromatic rings. The number of ether oxygens (including phenoxy) is 2. The van der Waals surface area contributed by atoms with E-state index in [1.54, 1.807) is 63.9 Å². The van der Waals surface area contributed by atoms with E-state index in [0.29, 0.717) is 22.5 Å². The highest BCUT2D eigenvalue weighted by Gasteiger charge is 2.74. The number of esters is 1. The van der Waals surface area contributed by atoms with Crippen LogP contribution >= 0.6 is 0 Å². The van der Waals surface area contributed by atoms with Gasteiger partial charge in [-0.2, -0.15) is 0 Å². The van der Waals surface area contributed by atoms with Gasteiger partial charge in [-0.15, -0.1) is 0 Å². The van der Waals surface area contributed by atoms with Gasteiger partial charge in [-0.1, -0.05) is 36.4 Å². The third-order valence-electron chi connectivity index (χ3n) is 7.64. The van der Waals surface area contributed by atoms with Gasteiger partial charge in [0.25, 0.3) is 0 Å². The van der Waals surface area contributed by atoms with Crippen LogP contribution in [0.3, 0.4) is 0 Å². The van der Waals surface area contributed by atoms with Crippen LogP contribution in [0, 0.1) is 5.92 Å². The molecule has 1 aliphatic carbocycles. The van der Waals surface area contributed by atoms with Crippen LogP contribution in [-0.2, 0) is 34.7 Å². The van der Waals surface area contributed by atoms with Crippen LogP contribution in [0.15, 0.2) is 48.5 Å². The van der Waals surface area contributed by atoms with Gasteiger partial charge in [0.05, 0.1) is 29.0 Å². The molecule has 2 heterocycles. The lowest BCUT2D eigenvalue weighted by Gasteiger charge is -2.36. The number of imide groups is 1. The van der Waals surface area contributed by atoms with E-state index >= 15 is 0 Å². The number of benzene rings is 2. The Labute approximate surface area is 210 Å². The average molecular weight is 491 g/mol. The van der Waals surface area contributed by atoms with Crippen molar-refractivity contribution in [1.29, 1.82) is 0 Å². The largest absolute Gasteiger partial charge is 0.466 e. The Bertz CT molecular complexity index is 1300.